The van der Waals surface area contributed by atoms with Gasteiger partial charge in [0.2, 0.25) is 5.91 Å². The Kier molecular flexibility index (Phi) is 5.87. The van der Waals surface area contributed by atoms with E-state index in [-0.39, 0.29) is 12.0 Å². The van der Waals surface area contributed by atoms with E-state index >= 15 is 0 Å². The van der Waals surface area contributed by atoms with Crippen LogP contribution in [0.4, 0.5) is 0 Å². The van der Waals surface area contributed by atoms with E-state index in [1.54, 1.807) is 25.4 Å². The first kappa shape index (κ1) is 19.3. The van der Waals surface area contributed by atoms with Crippen LogP contribution in [0.3, 0.4) is 0 Å². The SMILES string of the molecule is COc1ccc2c(c1)CN(C(C)=O)C[C@H]([C@H]1CCCN(Cc3ccsc3)C1)O2. The molecule has 6 heteroatoms. The van der Waals surface area contributed by atoms with Crippen molar-refractivity contribution in [1.29, 1.82) is 0 Å². The lowest BCUT2D eigenvalue weighted by molar-refractivity contribution is -0.130. The van der Waals surface area contributed by atoms with Gasteiger partial charge in [0.05, 0.1) is 13.7 Å². The molecule has 1 aromatic heterocycles. The normalized spacial score (nSPS) is 22.9. The smallest absolute Gasteiger partial charge is 0.219 e. The Morgan fingerprint density at radius 2 is 2.21 bits per heavy atom. The van der Waals surface area contributed by atoms with E-state index in [2.05, 4.69) is 21.7 Å². The van der Waals surface area contributed by atoms with Crippen molar-refractivity contribution in [2.24, 2.45) is 5.92 Å². The summed E-state index contributed by atoms with van der Waals surface area (Å²) in [5, 5.41) is 4.37. The Balaban J connectivity index is 1.52. The second kappa shape index (κ2) is 8.53. The number of carbonyl (C=O) groups is 1. The van der Waals surface area contributed by atoms with Crippen molar-refractivity contribution in [2.45, 2.75) is 39.0 Å². The number of piperidine rings is 1. The molecule has 2 aliphatic rings. The Morgan fingerprint density at radius 1 is 1.32 bits per heavy atom. The van der Waals surface area contributed by atoms with Crippen LogP contribution in [0.1, 0.15) is 30.9 Å². The summed E-state index contributed by atoms with van der Waals surface area (Å²) in [6.07, 6.45) is 2.33. The van der Waals surface area contributed by atoms with Crippen molar-refractivity contribution in [3.63, 3.8) is 0 Å². The maximum Gasteiger partial charge on any atom is 0.219 e. The van der Waals surface area contributed by atoms with Crippen molar-refractivity contribution in [3.8, 4) is 11.5 Å². The first-order valence-electron chi connectivity index (χ1n) is 9.95. The van der Waals surface area contributed by atoms with Gasteiger partial charge in [-0.2, -0.15) is 11.3 Å². The zero-order valence-corrected chi connectivity index (χ0v) is 17.4. The highest BCUT2D eigenvalue weighted by atomic mass is 32.1. The predicted molar refractivity (Wildman–Crippen MR) is 111 cm³/mol. The molecule has 0 radical (unpaired) electrons. The fourth-order valence-electron chi connectivity index (χ4n) is 4.27. The van der Waals surface area contributed by atoms with E-state index in [1.807, 2.05) is 23.1 Å². The molecule has 1 saturated heterocycles. The second-order valence-corrected chi connectivity index (χ2v) is 8.58. The molecule has 0 aliphatic carbocycles. The predicted octanol–water partition coefficient (Wildman–Crippen LogP) is 3.78. The van der Waals surface area contributed by atoms with Crippen LogP contribution in [0, 0.1) is 5.92 Å². The molecular formula is C22H28N2O3S. The average Bonchev–Trinajstić information content (AvgIpc) is 3.12. The van der Waals surface area contributed by atoms with Gasteiger partial charge in [0.25, 0.3) is 0 Å². The quantitative estimate of drug-likeness (QED) is 0.783. The van der Waals surface area contributed by atoms with Crippen molar-refractivity contribution < 1.29 is 14.3 Å². The third-order valence-corrected chi connectivity index (χ3v) is 6.54. The number of likely N-dealkylation sites (tertiary alicyclic amines) is 1. The number of ether oxygens (including phenoxy) is 2. The molecule has 4 rings (SSSR count). The van der Waals surface area contributed by atoms with Crippen molar-refractivity contribution >= 4 is 17.2 Å². The van der Waals surface area contributed by atoms with E-state index in [0.717, 1.165) is 43.1 Å². The Labute approximate surface area is 170 Å². The maximum absolute atomic E-state index is 12.2. The topological polar surface area (TPSA) is 42.0 Å². The van der Waals surface area contributed by atoms with Gasteiger partial charge in [-0.05, 0) is 60.0 Å². The van der Waals surface area contributed by atoms with Crippen molar-refractivity contribution in [1.82, 2.24) is 9.80 Å². The molecular weight excluding hydrogens is 372 g/mol. The van der Waals surface area contributed by atoms with Gasteiger partial charge in [-0.3, -0.25) is 9.69 Å². The van der Waals surface area contributed by atoms with Crippen LogP contribution >= 0.6 is 11.3 Å². The summed E-state index contributed by atoms with van der Waals surface area (Å²) < 4.78 is 11.8. The van der Waals surface area contributed by atoms with Gasteiger partial charge in [-0.25, -0.2) is 0 Å². The van der Waals surface area contributed by atoms with Gasteiger partial charge >= 0.3 is 0 Å². The number of hydrogen-bond acceptors (Lipinski definition) is 5. The van der Waals surface area contributed by atoms with Crippen LogP contribution in [0.2, 0.25) is 0 Å². The highest BCUT2D eigenvalue weighted by Crippen LogP contribution is 2.33. The van der Waals surface area contributed by atoms with Gasteiger partial charge < -0.3 is 14.4 Å². The van der Waals surface area contributed by atoms with E-state index < -0.39 is 0 Å². The summed E-state index contributed by atoms with van der Waals surface area (Å²) >= 11 is 1.75. The standard InChI is InChI=1S/C22H28N2O3S/c1-16(25)24-13-19-10-20(26-2)5-6-21(19)27-22(14-24)18-4-3-8-23(12-18)11-17-7-9-28-15-17/h5-7,9-10,15,18,22H,3-4,8,11-14H2,1-2H3/t18-,22+/m0/s1. The molecule has 28 heavy (non-hydrogen) atoms. The van der Waals surface area contributed by atoms with Crippen molar-refractivity contribution in [3.05, 3.63) is 46.2 Å². The number of methoxy groups -OCH3 is 1. The summed E-state index contributed by atoms with van der Waals surface area (Å²) in [5.41, 5.74) is 2.40. The van der Waals surface area contributed by atoms with E-state index in [4.69, 9.17) is 9.47 Å². The molecule has 5 nitrogen and oxygen atoms in total. The van der Waals surface area contributed by atoms with Crippen LogP contribution in [-0.4, -0.2) is 48.6 Å². The Morgan fingerprint density at radius 3 is 2.96 bits per heavy atom. The lowest BCUT2D eigenvalue weighted by Crippen LogP contribution is -2.46. The maximum atomic E-state index is 12.2. The molecule has 2 atom stereocenters. The molecule has 150 valence electrons. The minimum atomic E-state index is 0.0174. The van der Waals surface area contributed by atoms with Gasteiger partial charge in [-0.15, -0.1) is 0 Å². The first-order chi connectivity index (χ1) is 13.6. The number of thiophene rings is 1. The molecule has 2 aromatic rings. The molecule has 1 amide bonds. The minimum absolute atomic E-state index is 0.0174. The minimum Gasteiger partial charge on any atom is -0.497 e. The van der Waals surface area contributed by atoms with E-state index in [1.165, 1.54) is 12.0 Å². The number of benzene rings is 1. The van der Waals surface area contributed by atoms with Crippen LogP contribution < -0.4 is 9.47 Å². The number of hydrogen-bond donors (Lipinski definition) is 0. The highest BCUT2D eigenvalue weighted by Gasteiger charge is 2.33. The molecule has 0 saturated carbocycles. The number of fused-ring (bicyclic) bond motifs is 1. The molecule has 1 aromatic carbocycles. The number of rotatable bonds is 4. The molecule has 0 spiro atoms. The van der Waals surface area contributed by atoms with Gasteiger partial charge in [0.15, 0.2) is 0 Å². The summed E-state index contributed by atoms with van der Waals surface area (Å²) in [6, 6.07) is 8.11. The van der Waals surface area contributed by atoms with E-state index in [9.17, 15) is 4.79 Å². The van der Waals surface area contributed by atoms with Crippen molar-refractivity contribution in [2.75, 3.05) is 26.7 Å². The highest BCUT2D eigenvalue weighted by molar-refractivity contribution is 7.07. The molecule has 2 aliphatic heterocycles. The van der Waals surface area contributed by atoms with Crippen LogP contribution in [0.15, 0.2) is 35.0 Å². The first-order valence-corrected chi connectivity index (χ1v) is 10.9. The molecule has 1 fully saturated rings. The number of amides is 1. The van der Waals surface area contributed by atoms with Gasteiger partial charge in [0, 0.05) is 38.0 Å². The number of carbonyl (C=O) groups excluding carboxylic acids is 1. The third kappa shape index (κ3) is 4.33. The lowest BCUT2D eigenvalue weighted by Gasteiger charge is -2.37. The Hall–Kier alpha value is -2.05. The molecule has 3 heterocycles. The van der Waals surface area contributed by atoms with Crippen LogP contribution in [0.25, 0.3) is 0 Å². The number of nitrogens with zero attached hydrogens (tertiary/aromatic N) is 2. The monoisotopic (exact) mass is 400 g/mol. The van der Waals surface area contributed by atoms with Gasteiger partial charge in [0.1, 0.15) is 17.6 Å². The summed E-state index contributed by atoms with van der Waals surface area (Å²) in [6.45, 7) is 6.00. The fraction of sp³-hybridized carbons (Fsp3) is 0.500. The fourth-order valence-corrected chi connectivity index (χ4v) is 4.93. The van der Waals surface area contributed by atoms with Gasteiger partial charge in [-0.1, -0.05) is 0 Å². The summed E-state index contributed by atoms with van der Waals surface area (Å²) in [7, 11) is 1.66. The Bertz CT molecular complexity index is 808. The zero-order chi connectivity index (χ0) is 19.5. The van der Waals surface area contributed by atoms with Crippen LogP contribution in [0.5, 0.6) is 11.5 Å². The zero-order valence-electron chi connectivity index (χ0n) is 16.6. The molecule has 0 unspecified atom stereocenters. The molecule has 0 bridgehead atoms. The summed E-state index contributed by atoms with van der Waals surface area (Å²) in [4.78, 5) is 16.7. The second-order valence-electron chi connectivity index (χ2n) is 7.80. The lowest BCUT2D eigenvalue weighted by atomic mass is 9.91. The third-order valence-electron chi connectivity index (χ3n) is 5.81. The van der Waals surface area contributed by atoms with E-state index in [0.29, 0.717) is 19.0 Å². The average molecular weight is 401 g/mol. The molecule has 0 N–H and O–H groups in total. The van der Waals surface area contributed by atoms with Crippen LogP contribution in [-0.2, 0) is 17.9 Å². The summed E-state index contributed by atoms with van der Waals surface area (Å²) in [5.74, 6) is 2.19. The largest absolute Gasteiger partial charge is 0.497 e.